The van der Waals surface area contributed by atoms with E-state index in [4.69, 9.17) is 10.5 Å². The Balaban J connectivity index is 1.50. The number of benzene rings is 2. The van der Waals surface area contributed by atoms with Crippen molar-refractivity contribution in [1.82, 2.24) is 15.3 Å². The van der Waals surface area contributed by atoms with Gasteiger partial charge in [-0.15, -0.1) is 0 Å². The molecule has 1 saturated heterocycles. The number of hydrogen-bond acceptors (Lipinski definition) is 6. The Morgan fingerprint density at radius 2 is 1.77 bits per heavy atom. The molecule has 1 fully saturated rings. The van der Waals surface area contributed by atoms with E-state index in [0.717, 1.165) is 53.9 Å². The van der Waals surface area contributed by atoms with Gasteiger partial charge in [-0.25, -0.2) is 4.98 Å². The second kappa shape index (κ2) is 9.50. The molecule has 0 aliphatic carbocycles. The largest absolute Gasteiger partial charge is 0.438 e. The lowest BCUT2D eigenvalue weighted by Gasteiger charge is -2.23. The number of hydrogen-bond donors (Lipinski definition) is 3. The van der Waals surface area contributed by atoms with Crippen LogP contribution in [0.25, 0.3) is 0 Å². The SMILES string of the molecule is Cc1cc(C#Cc2cccc(N)c2)cc(C)c1Oc1ccnc(NC2CCNCC2)n1. The van der Waals surface area contributed by atoms with Crippen LogP contribution in [0.1, 0.15) is 35.1 Å². The summed E-state index contributed by atoms with van der Waals surface area (Å²) >= 11 is 0. The highest BCUT2D eigenvalue weighted by atomic mass is 16.5. The number of rotatable bonds is 4. The highest BCUT2D eigenvalue weighted by Gasteiger charge is 2.14. The number of aromatic nitrogens is 2. The Kier molecular flexibility index (Phi) is 6.34. The number of nitrogens with zero attached hydrogens (tertiary/aromatic N) is 2. The smallest absolute Gasteiger partial charge is 0.226 e. The summed E-state index contributed by atoms with van der Waals surface area (Å²) in [6, 6.07) is 13.8. The fourth-order valence-electron chi connectivity index (χ4n) is 3.67. The standard InChI is InChI=1S/C25H27N5O/c1-17-14-20(7-6-19-4-3-5-21(26)16-19)15-18(2)24(17)31-23-10-13-28-25(30-23)29-22-8-11-27-12-9-22/h3-5,10,13-16,22,27H,8-9,11-12,26H2,1-2H3,(H,28,29,30). The predicted molar refractivity (Wildman–Crippen MR) is 124 cm³/mol. The average molecular weight is 414 g/mol. The lowest BCUT2D eigenvalue weighted by atomic mass is 10.1. The van der Waals surface area contributed by atoms with Gasteiger partial charge in [0, 0.05) is 35.1 Å². The summed E-state index contributed by atoms with van der Waals surface area (Å²) in [6.07, 6.45) is 3.84. The van der Waals surface area contributed by atoms with E-state index in [1.54, 1.807) is 12.3 Å². The van der Waals surface area contributed by atoms with Crippen molar-refractivity contribution in [2.24, 2.45) is 0 Å². The number of ether oxygens (including phenoxy) is 1. The first-order chi connectivity index (χ1) is 15.1. The molecule has 4 rings (SSSR count). The molecule has 0 bridgehead atoms. The molecule has 3 aromatic rings. The third-order valence-corrected chi connectivity index (χ3v) is 5.21. The maximum atomic E-state index is 6.14. The third kappa shape index (κ3) is 5.53. The van der Waals surface area contributed by atoms with Gasteiger partial charge in [-0.05, 0) is 81.2 Å². The number of piperidine rings is 1. The van der Waals surface area contributed by atoms with Gasteiger partial charge in [-0.2, -0.15) is 4.98 Å². The van der Waals surface area contributed by atoms with Crippen LogP contribution in [0, 0.1) is 25.7 Å². The summed E-state index contributed by atoms with van der Waals surface area (Å²) in [5.74, 6) is 8.30. The maximum Gasteiger partial charge on any atom is 0.226 e. The molecule has 1 aliphatic rings. The summed E-state index contributed by atoms with van der Waals surface area (Å²) in [7, 11) is 0. The molecule has 1 aliphatic heterocycles. The molecule has 2 aromatic carbocycles. The van der Waals surface area contributed by atoms with Crippen molar-refractivity contribution in [2.75, 3.05) is 24.1 Å². The minimum atomic E-state index is 0.387. The van der Waals surface area contributed by atoms with Gasteiger partial charge in [0.1, 0.15) is 5.75 Å². The molecular formula is C25H27N5O. The molecule has 0 saturated carbocycles. The molecule has 1 aromatic heterocycles. The van der Waals surface area contributed by atoms with Crippen LogP contribution in [0.15, 0.2) is 48.7 Å². The van der Waals surface area contributed by atoms with Crippen LogP contribution in [-0.2, 0) is 0 Å². The summed E-state index contributed by atoms with van der Waals surface area (Å²) in [5, 5.41) is 6.77. The van der Waals surface area contributed by atoms with Gasteiger partial charge >= 0.3 is 0 Å². The highest BCUT2D eigenvalue weighted by Crippen LogP contribution is 2.29. The van der Waals surface area contributed by atoms with E-state index in [2.05, 4.69) is 32.4 Å². The van der Waals surface area contributed by atoms with Crippen LogP contribution in [0.3, 0.4) is 0 Å². The van der Waals surface area contributed by atoms with Crippen molar-refractivity contribution in [3.8, 4) is 23.5 Å². The van der Waals surface area contributed by atoms with Crippen LogP contribution >= 0.6 is 0 Å². The molecular weight excluding hydrogens is 386 g/mol. The van der Waals surface area contributed by atoms with Gasteiger partial charge in [-0.1, -0.05) is 17.9 Å². The minimum absolute atomic E-state index is 0.387. The zero-order valence-corrected chi connectivity index (χ0v) is 17.9. The second-order valence-electron chi connectivity index (χ2n) is 7.80. The number of anilines is 2. The zero-order valence-electron chi connectivity index (χ0n) is 17.9. The van der Waals surface area contributed by atoms with Crippen LogP contribution in [0.4, 0.5) is 11.6 Å². The molecule has 31 heavy (non-hydrogen) atoms. The molecule has 6 heteroatoms. The van der Waals surface area contributed by atoms with Crippen molar-refractivity contribution >= 4 is 11.6 Å². The van der Waals surface area contributed by atoms with Crippen LogP contribution in [0.2, 0.25) is 0 Å². The number of aryl methyl sites for hydroxylation is 2. The van der Waals surface area contributed by atoms with E-state index in [9.17, 15) is 0 Å². The quantitative estimate of drug-likeness (QED) is 0.442. The number of nitrogens with one attached hydrogen (secondary N) is 2. The van der Waals surface area contributed by atoms with Crippen molar-refractivity contribution in [2.45, 2.75) is 32.7 Å². The molecule has 0 atom stereocenters. The molecule has 0 spiro atoms. The van der Waals surface area contributed by atoms with E-state index in [1.807, 2.05) is 50.2 Å². The Hall–Kier alpha value is -3.56. The van der Waals surface area contributed by atoms with E-state index in [1.165, 1.54) is 0 Å². The van der Waals surface area contributed by atoms with Crippen molar-refractivity contribution in [3.63, 3.8) is 0 Å². The molecule has 6 nitrogen and oxygen atoms in total. The minimum Gasteiger partial charge on any atom is -0.438 e. The van der Waals surface area contributed by atoms with E-state index in [-0.39, 0.29) is 0 Å². The fraction of sp³-hybridized carbons (Fsp3) is 0.280. The molecule has 2 heterocycles. The van der Waals surface area contributed by atoms with Crippen molar-refractivity contribution in [3.05, 3.63) is 70.9 Å². The first kappa shape index (κ1) is 20.7. The third-order valence-electron chi connectivity index (χ3n) is 5.21. The molecule has 0 unspecified atom stereocenters. The van der Waals surface area contributed by atoms with Crippen LogP contribution in [0.5, 0.6) is 11.6 Å². The predicted octanol–water partition coefficient (Wildman–Crippen LogP) is 4.03. The number of nitrogen functional groups attached to an aromatic ring is 1. The van der Waals surface area contributed by atoms with Gasteiger partial charge in [0.15, 0.2) is 0 Å². The fourth-order valence-corrected chi connectivity index (χ4v) is 3.67. The zero-order chi connectivity index (χ0) is 21.6. The van der Waals surface area contributed by atoms with Crippen molar-refractivity contribution in [1.29, 1.82) is 0 Å². The lowest BCUT2D eigenvalue weighted by Crippen LogP contribution is -2.35. The highest BCUT2D eigenvalue weighted by molar-refractivity contribution is 5.53. The van der Waals surface area contributed by atoms with E-state index >= 15 is 0 Å². The average Bonchev–Trinajstić information content (AvgIpc) is 2.76. The van der Waals surface area contributed by atoms with E-state index < -0.39 is 0 Å². The molecule has 0 amide bonds. The van der Waals surface area contributed by atoms with Gasteiger partial charge < -0.3 is 21.1 Å². The topological polar surface area (TPSA) is 85.1 Å². The second-order valence-corrected chi connectivity index (χ2v) is 7.80. The first-order valence-corrected chi connectivity index (χ1v) is 10.5. The Bertz CT molecular complexity index is 1100. The Labute approximate surface area is 183 Å². The van der Waals surface area contributed by atoms with Gasteiger partial charge in [0.25, 0.3) is 0 Å². The Morgan fingerprint density at radius 3 is 2.52 bits per heavy atom. The van der Waals surface area contributed by atoms with Crippen LogP contribution < -0.4 is 21.1 Å². The summed E-state index contributed by atoms with van der Waals surface area (Å²) < 4.78 is 6.14. The normalized spacial score (nSPS) is 13.9. The van der Waals surface area contributed by atoms with Gasteiger partial charge in [-0.3, -0.25) is 0 Å². The first-order valence-electron chi connectivity index (χ1n) is 10.5. The molecule has 0 radical (unpaired) electrons. The number of nitrogens with two attached hydrogens (primary N) is 1. The molecule has 158 valence electrons. The Morgan fingerprint density at radius 1 is 1.03 bits per heavy atom. The van der Waals surface area contributed by atoms with E-state index in [0.29, 0.717) is 23.6 Å². The van der Waals surface area contributed by atoms with Crippen molar-refractivity contribution < 1.29 is 4.74 Å². The molecule has 4 N–H and O–H groups in total. The summed E-state index contributed by atoms with van der Waals surface area (Å²) in [5.41, 5.74) is 10.4. The lowest BCUT2D eigenvalue weighted by molar-refractivity contribution is 0.452. The monoisotopic (exact) mass is 413 g/mol. The van der Waals surface area contributed by atoms with Gasteiger partial charge in [0.05, 0.1) is 0 Å². The summed E-state index contributed by atoms with van der Waals surface area (Å²) in [6.45, 7) is 6.06. The van der Waals surface area contributed by atoms with Gasteiger partial charge in [0.2, 0.25) is 11.8 Å². The van der Waals surface area contributed by atoms with Crippen LogP contribution in [-0.4, -0.2) is 29.1 Å². The summed E-state index contributed by atoms with van der Waals surface area (Å²) in [4.78, 5) is 8.89. The maximum absolute atomic E-state index is 6.14.